The topological polar surface area (TPSA) is 101 Å². The second-order valence-electron chi connectivity index (χ2n) is 6.42. The highest BCUT2D eigenvalue weighted by Gasteiger charge is 2.08. The molecule has 0 aliphatic rings. The smallest absolute Gasteiger partial charge is 0.191 e. The minimum atomic E-state index is -0.285. The number of nitrogens with one attached hydrogen (secondary N) is 3. The number of guanidine groups is 1. The quantitative estimate of drug-likeness (QED) is 0.300. The fourth-order valence-electron chi connectivity index (χ4n) is 2.71. The first kappa shape index (κ1) is 20.3. The second kappa shape index (κ2) is 9.67. The van der Waals surface area contributed by atoms with Crippen molar-refractivity contribution in [2.45, 2.75) is 13.0 Å². The molecular weight excluding hydrogens is 375 g/mol. The van der Waals surface area contributed by atoms with Crippen LogP contribution in [-0.4, -0.2) is 58.5 Å². The lowest BCUT2D eigenvalue weighted by molar-refractivity contribution is 0.223. The van der Waals surface area contributed by atoms with Gasteiger partial charge in [-0.2, -0.15) is 5.10 Å². The van der Waals surface area contributed by atoms with Gasteiger partial charge in [0.2, 0.25) is 0 Å². The summed E-state index contributed by atoms with van der Waals surface area (Å²) in [6.07, 6.45) is 3.15. The van der Waals surface area contributed by atoms with E-state index >= 15 is 0 Å². The normalized spacial score (nSPS) is 12.6. The first-order chi connectivity index (χ1) is 14.1. The Kier molecular flexibility index (Phi) is 6.77. The Morgan fingerprint density at radius 2 is 2.00 bits per heavy atom. The summed E-state index contributed by atoms with van der Waals surface area (Å²) in [7, 11) is 3.55. The van der Waals surface area contributed by atoms with Crippen LogP contribution >= 0.6 is 0 Å². The zero-order valence-corrected chi connectivity index (χ0v) is 16.7. The fourth-order valence-corrected chi connectivity index (χ4v) is 2.71. The number of nitrogens with zero attached hydrogens (tertiary/aromatic N) is 5. The zero-order valence-electron chi connectivity index (χ0n) is 16.7. The number of fused-ring (bicyclic) bond motifs is 1. The molecular formula is C19H25FN8O. The molecule has 2 heterocycles. The molecule has 0 saturated heterocycles. The van der Waals surface area contributed by atoms with Crippen molar-refractivity contribution < 1.29 is 9.13 Å². The molecule has 3 rings (SSSR count). The molecule has 10 heteroatoms. The Morgan fingerprint density at radius 1 is 1.21 bits per heavy atom. The largest absolute Gasteiger partial charge is 0.489 e. The average Bonchev–Trinajstić information content (AvgIpc) is 3.11. The van der Waals surface area contributed by atoms with E-state index in [4.69, 9.17) is 4.74 Å². The van der Waals surface area contributed by atoms with E-state index in [1.54, 1.807) is 30.1 Å². The Bertz CT molecular complexity index is 957. The van der Waals surface area contributed by atoms with Crippen LogP contribution in [0, 0.1) is 5.82 Å². The van der Waals surface area contributed by atoms with E-state index in [1.165, 1.54) is 18.5 Å². The van der Waals surface area contributed by atoms with Crippen molar-refractivity contribution in [2.75, 3.05) is 32.0 Å². The van der Waals surface area contributed by atoms with Crippen LogP contribution in [0.3, 0.4) is 0 Å². The first-order valence-electron chi connectivity index (χ1n) is 9.30. The maximum Gasteiger partial charge on any atom is 0.191 e. The highest BCUT2D eigenvalue weighted by molar-refractivity contribution is 5.86. The number of rotatable bonds is 8. The van der Waals surface area contributed by atoms with Gasteiger partial charge < -0.3 is 20.7 Å². The van der Waals surface area contributed by atoms with Crippen molar-refractivity contribution in [3.8, 4) is 5.75 Å². The van der Waals surface area contributed by atoms with Gasteiger partial charge in [0.05, 0.1) is 18.1 Å². The van der Waals surface area contributed by atoms with Gasteiger partial charge in [-0.25, -0.2) is 14.4 Å². The lowest BCUT2D eigenvalue weighted by atomic mass is 10.3. The highest BCUT2D eigenvalue weighted by Crippen LogP contribution is 2.17. The maximum absolute atomic E-state index is 12.9. The summed E-state index contributed by atoms with van der Waals surface area (Å²) in [6, 6.07) is 5.97. The van der Waals surface area contributed by atoms with Crippen molar-refractivity contribution in [2.24, 2.45) is 12.0 Å². The van der Waals surface area contributed by atoms with Gasteiger partial charge in [0, 0.05) is 27.2 Å². The number of ether oxygens (including phenoxy) is 1. The zero-order chi connectivity index (χ0) is 20.6. The van der Waals surface area contributed by atoms with Crippen molar-refractivity contribution in [3.05, 3.63) is 42.6 Å². The summed E-state index contributed by atoms with van der Waals surface area (Å²) < 4.78 is 20.4. The second-order valence-corrected chi connectivity index (χ2v) is 6.42. The Hall–Kier alpha value is -3.43. The molecule has 0 saturated carbocycles. The van der Waals surface area contributed by atoms with E-state index in [2.05, 4.69) is 36.0 Å². The molecule has 3 N–H and O–H groups in total. The summed E-state index contributed by atoms with van der Waals surface area (Å²) in [5.74, 6) is 1.75. The van der Waals surface area contributed by atoms with Gasteiger partial charge in [-0.05, 0) is 31.2 Å². The van der Waals surface area contributed by atoms with E-state index in [0.29, 0.717) is 31.3 Å². The number of hydrogen-bond donors (Lipinski definition) is 3. The number of anilines is 1. The number of aryl methyl sites for hydroxylation is 1. The molecule has 2 aromatic heterocycles. The third-order valence-electron chi connectivity index (χ3n) is 4.17. The van der Waals surface area contributed by atoms with E-state index in [9.17, 15) is 4.39 Å². The van der Waals surface area contributed by atoms with Gasteiger partial charge in [-0.3, -0.25) is 9.67 Å². The summed E-state index contributed by atoms with van der Waals surface area (Å²) in [4.78, 5) is 12.7. The molecule has 154 valence electrons. The van der Waals surface area contributed by atoms with Crippen LogP contribution in [0.4, 0.5) is 10.2 Å². The maximum atomic E-state index is 12.9. The van der Waals surface area contributed by atoms with Gasteiger partial charge >= 0.3 is 0 Å². The molecule has 1 aromatic carbocycles. The van der Waals surface area contributed by atoms with Crippen molar-refractivity contribution in [1.82, 2.24) is 30.4 Å². The summed E-state index contributed by atoms with van der Waals surface area (Å²) in [6.45, 7) is 3.76. The van der Waals surface area contributed by atoms with Crippen molar-refractivity contribution in [3.63, 3.8) is 0 Å². The number of aromatic nitrogens is 4. The Morgan fingerprint density at radius 3 is 2.76 bits per heavy atom. The summed E-state index contributed by atoms with van der Waals surface area (Å²) in [5, 5.41) is 14.8. The monoisotopic (exact) mass is 400 g/mol. The van der Waals surface area contributed by atoms with E-state index in [-0.39, 0.29) is 11.9 Å². The molecule has 0 radical (unpaired) electrons. The van der Waals surface area contributed by atoms with Gasteiger partial charge in [-0.1, -0.05) is 0 Å². The number of hydrogen-bond acceptors (Lipinski definition) is 6. The lowest BCUT2D eigenvalue weighted by Gasteiger charge is -2.18. The van der Waals surface area contributed by atoms with Crippen LogP contribution in [0.25, 0.3) is 11.0 Å². The third kappa shape index (κ3) is 5.53. The standard InChI is InChI=1S/C19H25FN8O/c1-13(29-15-6-4-14(20)5-7-15)10-24-19(21-2)23-9-8-22-17-16-11-27-28(3)18(16)26-12-25-17/h4-7,11-13H,8-10H2,1-3H3,(H2,21,23,24)(H,22,25,26). The molecule has 1 unspecified atom stereocenters. The first-order valence-corrected chi connectivity index (χ1v) is 9.30. The molecule has 0 amide bonds. The highest BCUT2D eigenvalue weighted by atomic mass is 19.1. The van der Waals surface area contributed by atoms with Gasteiger partial charge in [0.25, 0.3) is 0 Å². The minimum absolute atomic E-state index is 0.114. The third-order valence-corrected chi connectivity index (χ3v) is 4.17. The van der Waals surface area contributed by atoms with Crippen LogP contribution < -0.4 is 20.7 Å². The van der Waals surface area contributed by atoms with Crippen molar-refractivity contribution >= 4 is 22.8 Å². The van der Waals surface area contributed by atoms with E-state index in [0.717, 1.165) is 16.9 Å². The van der Waals surface area contributed by atoms with Crippen LogP contribution in [0.2, 0.25) is 0 Å². The van der Waals surface area contributed by atoms with Gasteiger partial charge in [-0.15, -0.1) is 0 Å². The molecule has 0 bridgehead atoms. The lowest BCUT2D eigenvalue weighted by Crippen LogP contribution is -2.43. The predicted molar refractivity (Wildman–Crippen MR) is 111 cm³/mol. The van der Waals surface area contributed by atoms with Crippen LogP contribution in [0.15, 0.2) is 41.8 Å². The van der Waals surface area contributed by atoms with E-state index in [1.807, 2.05) is 14.0 Å². The van der Waals surface area contributed by atoms with Crippen molar-refractivity contribution in [1.29, 1.82) is 0 Å². The Labute approximate surface area is 168 Å². The van der Waals surface area contributed by atoms with Crippen LogP contribution in [0.1, 0.15) is 6.92 Å². The summed E-state index contributed by atoms with van der Waals surface area (Å²) >= 11 is 0. The SMILES string of the molecule is CN=C(NCCNc1ncnc2c1cnn2C)NCC(C)Oc1ccc(F)cc1. The predicted octanol–water partition coefficient (Wildman–Crippen LogP) is 1.55. The molecule has 0 spiro atoms. The van der Waals surface area contributed by atoms with Gasteiger partial charge in [0.15, 0.2) is 11.6 Å². The Balaban J connectivity index is 1.40. The molecule has 3 aromatic rings. The van der Waals surface area contributed by atoms with Gasteiger partial charge in [0.1, 0.15) is 29.8 Å². The number of aliphatic imine (C=N–C) groups is 1. The molecule has 0 aliphatic carbocycles. The molecule has 29 heavy (non-hydrogen) atoms. The number of halogens is 1. The fraction of sp³-hybridized carbons (Fsp3) is 0.368. The molecule has 0 aliphatic heterocycles. The average molecular weight is 400 g/mol. The minimum Gasteiger partial charge on any atom is -0.489 e. The number of benzene rings is 1. The van der Waals surface area contributed by atoms with Crippen LogP contribution in [-0.2, 0) is 7.05 Å². The molecule has 1 atom stereocenters. The molecule has 9 nitrogen and oxygen atoms in total. The molecule has 0 fully saturated rings. The summed E-state index contributed by atoms with van der Waals surface area (Å²) in [5.41, 5.74) is 0.781. The van der Waals surface area contributed by atoms with Crippen LogP contribution in [0.5, 0.6) is 5.75 Å². The van der Waals surface area contributed by atoms with E-state index < -0.39 is 0 Å².